The van der Waals surface area contributed by atoms with E-state index in [1.807, 2.05) is 31.2 Å². The zero-order valence-corrected chi connectivity index (χ0v) is 19.5. The van der Waals surface area contributed by atoms with Crippen molar-refractivity contribution in [1.82, 2.24) is 0 Å². The van der Waals surface area contributed by atoms with Gasteiger partial charge >= 0.3 is 0 Å². The molecular weight excluding hydrogens is 454 g/mol. The van der Waals surface area contributed by atoms with E-state index in [0.29, 0.717) is 34.0 Å². The lowest BCUT2D eigenvalue weighted by Crippen LogP contribution is -2.29. The number of rotatable bonds is 6. The van der Waals surface area contributed by atoms with E-state index in [1.54, 1.807) is 54.5 Å². The Balaban J connectivity index is 1.70. The molecule has 0 aliphatic carbocycles. The van der Waals surface area contributed by atoms with Crippen LogP contribution >= 0.6 is 11.6 Å². The third kappa shape index (κ3) is 3.70. The molecule has 3 aromatic carbocycles. The molecule has 6 nitrogen and oxygen atoms in total. The van der Waals surface area contributed by atoms with Crippen LogP contribution in [-0.4, -0.2) is 19.6 Å². The van der Waals surface area contributed by atoms with Gasteiger partial charge in [0.05, 0.1) is 30.7 Å². The Kier molecular flexibility index (Phi) is 5.75. The van der Waals surface area contributed by atoms with E-state index in [-0.39, 0.29) is 22.7 Å². The molecule has 0 spiro atoms. The Morgan fingerprint density at radius 1 is 0.971 bits per heavy atom. The fourth-order valence-electron chi connectivity index (χ4n) is 4.24. The fraction of sp³-hybridized carbons (Fsp3) is 0.185. The summed E-state index contributed by atoms with van der Waals surface area (Å²) in [7, 11) is 1.58. The predicted molar refractivity (Wildman–Crippen MR) is 131 cm³/mol. The highest BCUT2D eigenvalue weighted by molar-refractivity contribution is 6.31. The largest absolute Gasteiger partial charge is 0.497 e. The fourth-order valence-corrected chi connectivity index (χ4v) is 4.41. The van der Waals surface area contributed by atoms with E-state index in [9.17, 15) is 9.59 Å². The number of carbonyl (C=O) groups excluding carboxylic acids is 1. The first-order valence-corrected chi connectivity index (χ1v) is 11.4. The minimum Gasteiger partial charge on any atom is -0.497 e. The van der Waals surface area contributed by atoms with Crippen LogP contribution in [0.2, 0.25) is 5.02 Å². The maximum atomic E-state index is 13.6. The maximum absolute atomic E-state index is 13.6. The van der Waals surface area contributed by atoms with Gasteiger partial charge in [0.25, 0.3) is 5.91 Å². The van der Waals surface area contributed by atoms with Gasteiger partial charge in [-0.2, -0.15) is 0 Å². The van der Waals surface area contributed by atoms with E-state index in [0.717, 1.165) is 17.7 Å². The summed E-state index contributed by atoms with van der Waals surface area (Å²) in [4.78, 5) is 28.8. The summed E-state index contributed by atoms with van der Waals surface area (Å²) in [5.74, 6) is 1.04. The van der Waals surface area contributed by atoms with Crippen LogP contribution in [0, 0.1) is 0 Å². The molecule has 4 aromatic rings. The Bertz CT molecular complexity index is 1430. The van der Waals surface area contributed by atoms with Gasteiger partial charge in [-0.25, -0.2) is 0 Å². The van der Waals surface area contributed by atoms with Crippen molar-refractivity contribution in [2.75, 3.05) is 18.6 Å². The lowest BCUT2D eigenvalue weighted by atomic mass is 9.98. The van der Waals surface area contributed by atoms with Crippen molar-refractivity contribution in [3.05, 3.63) is 98.9 Å². The number of hydrogen-bond acceptors (Lipinski definition) is 5. The number of fused-ring (bicyclic) bond motifs is 2. The summed E-state index contributed by atoms with van der Waals surface area (Å²) in [6.07, 6.45) is 0.897. The van der Waals surface area contributed by atoms with Crippen LogP contribution < -0.4 is 19.8 Å². The summed E-state index contributed by atoms with van der Waals surface area (Å²) in [6, 6.07) is 18.7. The molecule has 1 aromatic heterocycles. The van der Waals surface area contributed by atoms with Crippen molar-refractivity contribution < 1.29 is 18.7 Å². The lowest BCUT2D eigenvalue weighted by Gasteiger charge is -2.25. The molecule has 7 heteroatoms. The Labute approximate surface area is 201 Å². The number of nitrogens with zero attached hydrogens (tertiary/aromatic N) is 1. The highest BCUT2D eigenvalue weighted by atomic mass is 35.5. The lowest BCUT2D eigenvalue weighted by molar-refractivity contribution is 0.0971. The summed E-state index contributed by atoms with van der Waals surface area (Å²) in [5.41, 5.74) is 1.72. The SMILES string of the molecule is CCCOc1ccc(C2c3c(oc4ccc(Cl)cc4c3=O)C(=O)N2c2ccc(OC)cc2)cc1. The van der Waals surface area contributed by atoms with Crippen LogP contribution in [0.25, 0.3) is 11.0 Å². The number of hydrogen-bond donors (Lipinski definition) is 0. The van der Waals surface area contributed by atoms with E-state index >= 15 is 0 Å². The topological polar surface area (TPSA) is 69.0 Å². The number of benzene rings is 3. The molecule has 1 aliphatic heterocycles. The van der Waals surface area contributed by atoms with Crippen molar-refractivity contribution in [3.63, 3.8) is 0 Å². The molecule has 1 atom stereocenters. The first-order valence-electron chi connectivity index (χ1n) is 11.0. The summed E-state index contributed by atoms with van der Waals surface area (Å²) >= 11 is 6.15. The second-order valence-electron chi connectivity index (χ2n) is 8.01. The van der Waals surface area contributed by atoms with Crippen LogP contribution in [0.3, 0.4) is 0 Å². The van der Waals surface area contributed by atoms with Crippen molar-refractivity contribution >= 4 is 34.2 Å². The summed E-state index contributed by atoms with van der Waals surface area (Å²) < 4.78 is 16.9. The quantitative estimate of drug-likeness (QED) is 0.342. The van der Waals surface area contributed by atoms with E-state index in [1.165, 1.54) is 0 Å². The standard InChI is InChI=1S/C27H22ClNO5/c1-3-14-33-20-9-4-16(5-10-20)24-23-25(30)21-15-17(28)6-13-22(21)34-26(23)27(31)29(24)18-7-11-19(32-2)12-8-18/h4-13,15,24H,3,14H2,1-2H3. The molecule has 5 rings (SSSR count). The molecule has 2 heterocycles. The van der Waals surface area contributed by atoms with E-state index in [2.05, 4.69) is 0 Å². The number of ether oxygens (including phenoxy) is 2. The normalized spacial score (nSPS) is 15.0. The van der Waals surface area contributed by atoms with Gasteiger partial charge in [-0.3, -0.25) is 14.5 Å². The molecule has 172 valence electrons. The molecule has 0 N–H and O–H groups in total. The van der Waals surface area contributed by atoms with Gasteiger partial charge in [0.2, 0.25) is 5.76 Å². The van der Waals surface area contributed by atoms with E-state index in [4.69, 9.17) is 25.5 Å². The number of halogens is 1. The predicted octanol–water partition coefficient (Wildman–Crippen LogP) is 5.99. The molecule has 1 unspecified atom stereocenters. The molecule has 0 fully saturated rings. The average Bonchev–Trinajstić information content (AvgIpc) is 3.16. The zero-order chi connectivity index (χ0) is 23.8. The van der Waals surface area contributed by atoms with Gasteiger partial charge < -0.3 is 13.9 Å². The molecule has 0 saturated carbocycles. The van der Waals surface area contributed by atoms with Gasteiger partial charge in [-0.15, -0.1) is 0 Å². The van der Waals surface area contributed by atoms with Crippen LogP contribution in [-0.2, 0) is 0 Å². The minimum absolute atomic E-state index is 0.0342. The average molecular weight is 476 g/mol. The molecule has 0 saturated heterocycles. The van der Waals surface area contributed by atoms with Crippen molar-refractivity contribution in [3.8, 4) is 11.5 Å². The van der Waals surface area contributed by atoms with Gasteiger partial charge in [0.1, 0.15) is 17.1 Å². The maximum Gasteiger partial charge on any atom is 0.295 e. The van der Waals surface area contributed by atoms with Crippen LogP contribution in [0.15, 0.2) is 75.9 Å². The number of carbonyl (C=O) groups is 1. The second-order valence-corrected chi connectivity index (χ2v) is 8.44. The number of methoxy groups -OCH3 is 1. The second kappa shape index (κ2) is 8.88. The zero-order valence-electron chi connectivity index (χ0n) is 18.7. The molecule has 0 bridgehead atoms. The van der Waals surface area contributed by atoms with Gasteiger partial charge in [-0.1, -0.05) is 30.7 Å². The smallest absolute Gasteiger partial charge is 0.295 e. The molecule has 1 aliphatic rings. The first-order chi connectivity index (χ1) is 16.5. The third-order valence-electron chi connectivity index (χ3n) is 5.85. The van der Waals surface area contributed by atoms with Crippen LogP contribution in [0.5, 0.6) is 11.5 Å². The van der Waals surface area contributed by atoms with Gasteiger partial charge in [0.15, 0.2) is 5.43 Å². The number of anilines is 1. The van der Waals surface area contributed by atoms with E-state index < -0.39 is 6.04 Å². The highest BCUT2D eigenvalue weighted by Gasteiger charge is 2.43. The van der Waals surface area contributed by atoms with Crippen LogP contribution in [0.4, 0.5) is 5.69 Å². The Morgan fingerprint density at radius 3 is 2.35 bits per heavy atom. The molecule has 1 amide bonds. The molecular formula is C27H22ClNO5. The van der Waals surface area contributed by atoms with Gasteiger partial charge in [-0.05, 0) is 66.6 Å². The summed E-state index contributed by atoms with van der Waals surface area (Å²) in [6.45, 7) is 2.65. The monoisotopic (exact) mass is 475 g/mol. The Morgan fingerprint density at radius 2 is 1.68 bits per heavy atom. The molecule has 34 heavy (non-hydrogen) atoms. The third-order valence-corrected chi connectivity index (χ3v) is 6.09. The van der Waals surface area contributed by atoms with Gasteiger partial charge in [0, 0.05) is 10.7 Å². The van der Waals surface area contributed by atoms with Crippen molar-refractivity contribution in [2.45, 2.75) is 19.4 Å². The van der Waals surface area contributed by atoms with Crippen LogP contribution in [0.1, 0.15) is 41.1 Å². The minimum atomic E-state index is -0.671. The van der Waals surface area contributed by atoms with Crippen molar-refractivity contribution in [2.24, 2.45) is 0 Å². The summed E-state index contributed by atoms with van der Waals surface area (Å²) in [5, 5.41) is 0.758. The van der Waals surface area contributed by atoms with Crippen molar-refractivity contribution in [1.29, 1.82) is 0 Å². The first kappa shape index (κ1) is 22.0. The number of amides is 1. The Hall–Kier alpha value is -3.77. The molecule has 0 radical (unpaired) electrons. The highest BCUT2D eigenvalue weighted by Crippen LogP contribution is 2.42.